The van der Waals surface area contributed by atoms with Crippen molar-refractivity contribution in [2.24, 2.45) is 0 Å². The maximum Gasteiger partial charge on any atom is 0.471 e. The number of alkyl halides is 5. The van der Waals surface area contributed by atoms with Gasteiger partial charge in [0.05, 0.1) is 42.3 Å². The van der Waals surface area contributed by atoms with Crippen molar-refractivity contribution in [2.75, 3.05) is 18.0 Å². The Balaban J connectivity index is 1.32. The van der Waals surface area contributed by atoms with Crippen molar-refractivity contribution >= 4 is 30.2 Å². The average Bonchev–Trinajstić information content (AvgIpc) is 3.63. The molecule has 0 saturated carbocycles. The van der Waals surface area contributed by atoms with Crippen LogP contribution in [-0.4, -0.2) is 80.0 Å². The van der Waals surface area contributed by atoms with E-state index in [9.17, 15) is 27.3 Å². The van der Waals surface area contributed by atoms with Crippen LogP contribution in [0.2, 0.25) is 0 Å². The average molecular weight is 659 g/mol. The van der Waals surface area contributed by atoms with Gasteiger partial charge < -0.3 is 19.4 Å². The van der Waals surface area contributed by atoms with Gasteiger partial charge >= 0.3 is 25.6 Å². The largest absolute Gasteiger partial charge is 0.471 e. The second-order valence-electron chi connectivity index (χ2n) is 9.87. The van der Waals surface area contributed by atoms with E-state index in [1.165, 1.54) is 27.7 Å². The third kappa shape index (κ3) is 6.27. The first kappa shape index (κ1) is 30.3. The zero-order valence-corrected chi connectivity index (χ0v) is 23.2. The van der Waals surface area contributed by atoms with Gasteiger partial charge in [-0.2, -0.15) is 27.9 Å². The number of fused-ring (bicyclic) bond motifs is 2. The van der Waals surface area contributed by atoms with E-state index in [0.29, 0.717) is 9.25 Å². The van der Waals surface area contributed by atoms with Crippen LogP contribution in [0.4, 0.5) is 27.8 Å². The first-order valence-corrected chi connectivity index (χ1v) is 14.2. The summed E-state index contributed by atoms with van der Waals surface area (Å²) in [6.07, 6.45) is -1.84. The summed E-state index contributed by atoms with van der Waals surface area (Å²) in [5.41, 5.74) is -2.26. The minimum absolute atomic E-state index is 0.0229. The fourth-order valence-electron chi connectivity index (χ4n) is 4.70. The molecule has 6 heterocycles. The fraction of sp³-hybridized carbons (Fsp3) is 0.304. The summed E-state index contributed by atoms with van der Waals surface area (Å²) in [6, 6.07) is 3.74. The van der Waals surface area contributed by atoms with E-state index in [0.717, 1.165) is 24.7 Å². The molecule has 1 fully saturated rings. The summed E-state index contributed by atoms with van der Waals surface area (Å²) in [4.78, 5) is 54.1. The molecule has 16 nitrogen and oxygen atoms in total. The molecule has 5 aromatic rings. The van der Waals surface area contributed by atoms with E-state index in [2.05, 4.69) is 24.7 Å². The van der Waals surface area contributed by atoms with Gasteiger partial charge in [0.25, 0.3) is 5.56 Å². The van der Waals surface area contributed by atoms with Crippen molar-refractivity contribution in [1.29, 1.82) is 0 Å². The van der Waals surface area contributed by atoms with Gasteiger partial charge in [-0.1, -0.05) is 0 Å². The number of rotatable bonds is 8. The Bertz CT molecular complexity index is 2090. The van der Waals surface area contributed by atoms with Gasteiger partial charge in [-0.15, -0.1) is 0 Å². The minimum atomic E-state index is -4.98. The zero-order chi connectivity index (χ0) is 32.3. The van der Waals surface area contributed by atoms with Crippen molar-refractivity contribution in [3.63, 3.8) is 0 Å². The van der Waals surface area contributed by atoms with Gasteiger partial charge in [0.1, 0.15) is 19.1 Å². The molecule has 0 spiro atoms. The minimum Gasteiger partial charge on any atom is -0.466 e. The second-order valence-corrected chi connectivity index (χ2v) is 11.1. The molecule has 0 amide bonds. The monoisotopic (exact) mass is 659 g/mol. The summed E-state index contributed by atoms with van der Waals surface area (Å²) >= 11 is 0. The maximum atomic E-state index is 15.3. The number of aromatic amines is 1. The van der Waals surface area contributed by atoms with Crippen molar-refractivity contribution < 1.29 is 45.6 Å². The number of phosphoric ester groups is 1. The van der Waals surface area contributed by atoms with Gasteiger partial charge in [-0.25, -0.2) is 28.1 Å². The lowest BCUT2D eigenvalue weighted by atomic mass is 10.2. The molecule has 22 heteroatoms. The summed E-state index contributed by atoms with van der Waals surface area (Å²) in [5, 5.41) is 8.01. The van der Waals surface area contributed by atoms with Crippen molar-refractivity contribution in [1.82, 2.24) is 38.9 Å². The smallest absolute Gasteiger partial charge is 0.466 e. The summed E-state index contributed by atoms with van der Waals surface area (Å²) in [7, 11) is -4.98. The molecule has 1 saturated heterocycles. The second kappa shape index (κ2) is 10.7. The molecular weight excluding hydrogens is 640 g/mol. The highest BCUT2D eigenvalue weighted by Gasteiger charge is 2.51. The highest BCUT2D eigenvalue weighted by Crippen LogP contribution is 2.37. The van der Waals surface area contributed by atoms with Crippen LogP contribution >= 0.6 is 7.82 Å². The number of phosphoric acid groups is 1. The lowest BCUT2D eigenvalue weighted by Gasteiger charge is -2.19. The number of aromatic nitrogens is 8. The molecule has 1 atom stereocenters. The van der Waals surface area contributed by atoms with E-state index < -0.39 is 63.6 Å². The molecule has 3 N–H and O–H groups in total. The fourth-order valence-corrected chi connectivity index (χ4v) is 4.97. The van der Waals surface area contributed by atoms with E-state index >= 15 is 8.78 Å². The van der Waals surface area contributed by atoms with Crippen molar-refractivity contribution in [2.45, 2.75) is 31.5 Å². The molecule has 6 rings (SSSR count). The number of nitrogens with one attached hydrogen (secondary N) is 1. The van der Waals surface area contributed by atoms with E-state index in [4.69, 9.17) is 14.5 Å². The molecule has 0 bridgehead atoms. The molecule has 0 aromatic carbocycles. The van der Waals surface area contributed by atoms with Crippen molar-refractivity contribution in [3.05, 3.63) is 63.8 Å². The molecular formula is C23H19F5N9O7P. The number of pyridine rings is 1. The maximum absolute atomic E-state index is 15.3. The predicted molar refractivity (Wildman–Crippen MR) is 142 cm³/mol. The van der Waals surface area contributed by atoms with Crippen LogP contribution in [0.1, 0.15) is 0 Å². The zero-order valence-electron chi connectivity index (χ0n) is 22.3. The molecule has 238 valence electrons. The summed E-state index contributed by atoms with van der Waals surface area (Å²) in [6.45, 7) is -3.70. The van der Waals surface area contributed by atoms with Crippen LogP contribution in [0.3, 0.4) is 0 Å². The topological polar surface area (TPSA) is 195 Å². The number of hydrogen-bond acceptors (Lipinski definition) is 10. The van der Waals surface area contributed by atoms with Crippen LogP contribution in [-0.2, 0) is 22.4 Å². The Hall–Kier alpha value is -4.72. The Labute approximate surface area is 245 Å². The number of nitrogens with zero attached hydrogens (tertiary/aromatic N) is 8. The molecule has 1 unspecified atom stereocenters. The quantitative estimate of drug-likeness (QED) is 0.161. The molecule has 1 aliphatic rings. The van der Waals surface area contributed by atoms with Gasteiger partial charge in [-0.3, -0.25) is 23.6 Å². The van der Waals surface area contributed by atoms with Gasteiger partial charge in [0, 0.05) is 36.0 Å². The van der Waals surface area contributed by atoms with Crippen molar-refractivity contribution in [3.8, 4) is 17.1 Å². The van der Waals surface area contributed by atoms with E-state index in [1.54, 1.807) is 0 Å². The third-order valence-electron chi connectivity index (χ3n) is 6.67. The molecule has 0 aliphatic carbocycles. The first-order valence-electron chi connectivity index (χ1n) is 12.6. The Kier molecular flexibility index (Phi) is 7.22. The number of hydrogen-bond donors (Lipinski definition) is 3. The Morgan fingerprint density at radius 2 is 1.93 bits per heavy atom. The standard InChI is InChI=1S/C23H19F5N9O7P/c24-22(25)9-34(8-16(22)44-18-4-15-12(5-29-18)6-31-36(15)10-23(26,27)28)19-3-14(32-17-1-2-30-37(17)19)13-7-35(11-43-45(40,41)42)21(39)33-20(13)38/h1-7,16H,8-11H2,(H,33,38,39)(H2,40,41,42). The molecule has 5 aromatic heterocycles. The normalized spacial score (nSPS) is 17.0. The third-order valence-corrected chi connectivity index (χ3v) is 7.12. The van der Waals surface area contributed by atoms with E-state index in [1.807, 2.05) is 4.98 Å². The number of H-pyrrole nitrogens is 1. The van der Waals surface area contributed by atoms with Gasteiger partial charge in [0.15, 0.2) is 11.8 Å². The first-order chi connectivity index (χ1) is 21.1. The van der Waals surface area contributed by atoms with E-state index in [-0.39, 0.29) is 39.5 Å². The Morgan fingerprint density at radius 3 is 2.67 bits per heavy atom. The van der Waals surface area contributed by atoms with Crippen LogP contribution < -0.4 is 20.9 Å². The lowest BCUT2D eigenvalue weighted by molar-refractivity contribution is -0.141. The predicted octanol–water partition coefficient (Wildman–Crippen LogP) is 1.52. The number of ether oxygens (including phenoxy) is 1. The lowest BCUT2D eigenvalue weighted by Crippen LogP contribution is -2.36. The van der Waals surface area contributed by atoms with Gasteiger partial charge in [0.2, 0.25) is 5.88 Å². The number of anilines is 1. The molecule has 45 heavy (non-hydrogen) atoms. The summed E-state index contributed by atoms with van der Waals surface area (Å²) < 4.78 is 92.9. The van der Waals surface area contributed by atoms with Crippen LogP contribution in [0, 0.1) is 0 Å². The number of halogens is 5. The summed E-state index contributed by atoms with van der Waals surface area (Å²) in [5.74, 6) is -3.83. The van der Waals surface area contributed by atoms with Crippen LogP contribution in [0.5, 0.6) is 5.88 Å². The Morgan fingerprint density at radius 1 is 1.16 bits per heavy atom. The molecule has 1 aliphatic heterocycles. The highest BCUT2D eigenvalue weighted by molar-refractivity contribution is 7.46. The SMILES string of the molecule is O=c1[nH]c(=O)n(COP(=O)(O)O)cc1-c1cc(N2CC(Oc3cc4c(cn3)cnn4CC(F)(F)F)C(F)(F)C2)n2nccc2n1. The van der Waals surface area contributed by atoms with Gasteiger partial charge in [-0.05, 0) is 0 Å². The highest BCUT2D eigenvalue weighted by atomic mass is 31.2. The van der Waals surface area contributed by atoms with Crippen LogP contribution in [0.25, 0.3) is 27.8 Å². The molecule has 0 radical (unpaired) electrons. The van der Waals surface area contributed by atoms with Crippen LogP contribution in [0.15, 0.2) is 52.6 Å².